The smallest absolute Gasteiger partial charge is 0.239 e. The maximum absolute atomic E-state index is 11.7. The molecule has 0 unspecified atom stereocenters. The van der Waals surface area contributed by atoms with Gasteiger partial charge in [0.25, 0.3) is 0 Å². The molecule has 154 valence electrons. The highest BCUT2D eigenvalue weighted by molar-refractivity contribution is 5.86. The number of hydrogen-bond acceptors (Lipinski definition) is 5. The van der Waals surface area contributed by atoms with Crippen LogP contribution in [0.1, 0.15) is 18.4 Å². The maximum atomic E-state index is 11.7. The number of carbonyl (C=O) groups excluding carboxylic acids is 2. The van der Waals surface area contributed by atoms with Crippen LogP contribution < -0.4 is 21.1 Å². The minimum absolute atomic E-state index is 0. The van der Waals surface area contributed by atoms with Crippen LogP contribution in [0.3, 0.4) is 0 Å². The van der Waals surface area contributed by atoms with Crippen molar-refractivity contribution >= 4 is 36.6 Å². The van der Waals surface area contributed by atoms with Crippen molar-refractivity contribution in [2.24, 2.45) is 11.7 Å². The first kappa shape index (κ1) is 25.5. The van der Waals surface area contributed by atoms with Crippen molar-refractivity contribution in [1.29, 1.82) is 0 Å². The summed E-state index contributed by atoms with van der Waals surface area (Å²) in [5.74, 6) is 0.881. The van der Waals surface area contributed by atoms with Gasteiger partial charge in [-0.25, -0.2) is 0 Å². The normalized spacial score (nSPS) is 14.4. The van der Waals surface area contributed by atoms with Crippen LogP contribution in [0.2, 0.25) is 0 Å². The van der Waals surface area contributed by atoms with Gasteiger partial charge in [-0.05, 0) is 49.5 Å². The fourth-order valence-electron chi connectivity index (χ4n) is 2.91. The highest BCUT2D eigenvalue weighted by Gasteiger charge is 2.19. The van der Waals surface area contributed by atoms with Crippen LogP contribution in [-0.2, 0) is 16.1 Å². The van der Waals surface area contributed by atoms with Gasteiger partial charge in [-0.1, -0.05) is 12.1 Å². The monoisotopic (exact) mass is 420 g/mol. The molecular weight excluding hydrogens is 391 g/mol. The van der Waals surface area contributed by atoms with E-state index in [9.17, 15) is 9.59 Å². The van der Waals surface area contributed by atoms with E-state index in [4.69, 9.17) is 10.5 Å². The first-order chi connectivity index (χ1) is 12.1. The quantitative estimate of drug-likeness (QED) is 0.581. The Morgan fingerprint density at radius 3 is 2.30 bits per heavy atom. The number of nitrogens with one attached hydrogen (secondary N) is 2. The third-order valence-corrected chi connectivity index (χ3v) is 4.49. The number of carbonyl (C=O) groups is 2. The lowest BCUT2D eigenvalue weighted by Gasteiger charge is -2.32. The fraction of sp³-hybridized carbons (Fsp3) is 0.556. The van der Waals surface area contributed by atoms with Gasteiger partial charge in [0.15, 0.2) is 0 Å². The fourth-order valence-corrected chi connectivity index (χ4v) is 2.91. The summed E-state index contributed by atoms with van der Waals surface area (Å²) < 4.78 is 5.18. The Kier molecular flexibility index (Phi) is 12.8. The summed E-state index contributed by atoms with van der Waals surface area (Å²) in [7, 11) is 1.67. The molecule has 1 aliphatic heterocycles. The van der Waals surface area contributed by atoms with Crippen molar-refractivity contribution in [2.75, 3.05) is 39.8 Å². The molecule has 9 heteroatoms. The van der Waals surface area contributed by atoms with Gasteiger partial charge in [0.05, 0.1) is 20.2 Å². The van der Waals surface area contributed by atoms with E-state index in [-0.39, 0.29) is 49.7 Å². The standard InChI is InChI=1S/C18H28N4O3.2ClH/c1-25-16-4-2-15(3-5-16)13-22-8-6-14(7-9-22)11-20-18(24)12-21-17(23)10-19;;/h2-5,14H,6-13,19H2,1H3,(H,20,24)(H,21,23);2*1H. The molecule has 1 heterocycles. The second-order valence-electron chi connectivity index (χ2n) is 6.35. The molecule has 1 aromatic carbocycles. The number of nitrogens with zero attached hydrogens (tertiary/aromatic N) is 1. The Hall–Kier alpha value is -1.54. The highest BCUT2D eigenvalue weighted by Crippen LogP contribution is 2.19. The van der Waals surface area contributed by atoms with Gasteiger partial charge in [-0.2, -0.15) is 0 Å². The summed E-state index contributed by atoms with van der Waals surface area (Å²) in [6.07, 6.45) is 2.12. The van der Waals surface area contributed by atoms with Crippen molar-refractivity contribution in [3.05, 3.63) is 29.8 Å². The van der Waals surface area contributed by atoms with Gasteiger partial charge in [-0.3, -0.25) is 14.5 Å². The van der Waals surface area contributed by atoms with Crippen LogP contribution in [0.4, 0.5) is 0 Å². The summed E-state index contributed by atoms with van der Waals surface area (Å²) in [4.78, 5) is 25.1. The number of methoxy groups -OCH3 is 1. The van der Waals surface area contributed by atoms with E-state index in [2.05, 4.69) is 27.7 Å². The molecule has 0 aromatic heterocycles. The molecule has 7 nitrogen and oxygen atoms in total. The Bertz CT molecular complexity index is 564. The van der Waals surface area contributed by atoms with Crippen molar-refractivity contribution in [3.63, 3.8) is 0 Å². The second kappa shape index (κ2) is 13.6. The molecule has 4 N–H and O–H groups in total. The average molecular weight is 421 g/mol. The van der Waals surface area contributed by atoms with Gasteiger partial charge in [-0.15, -0.1) is 24.8 Å². The SMILES string of the molecule is COc1ccc(CN2CCC(CNC(=O)CNC(=O)CN)CC2)cc1.Cl.Cl. The molecule has 27 heavy (non-hydrogen) atoms. The molecule has 1 aliphatic rings. The topological polar surface area (TPSA) is 96.7 Å². The third kappa shape index (κ3) is 9.28. The lowest BCUT2D eigenvalue weighted by molar-refractivity contribution is -0.125. The molecule has 0 aliphatic carbocycles. The number of halogens is 2. The first-order valence-corrected chi connectivity index (χ1v) is 8.69. The second-order valence-corrected chi connectivity index (χ2v) is 6.35. The molecule has 0 spiro atoms. The van der Waals surface area contributed by atoms with E-state index in [0.717, 1.165) is 38.2 Å². The molecular formula is C18H30Cl2N4O3. The zero-order valence-corrected chi connectivity index (χ0v) is 17.2. The minimum Gasteiger partial charge on any atom is -0.497 e. The molecule has 1 aromatic rings. The number of likely N-dealkylation sites (tertiary alicyclic amines) is 1. The zero-order valence-electron chi connectivity index (χ0n) is 15.6. The number of amides is 2. The van der Waals surface area contributed by atoms with E-state index >= 15 is 0 Å². The third-order valence-electron chi connectivity index (χ3n) is 4.49. The summed E-state index contributed by atoms with van der Waals surface area (Å²) in [6, 6.07) is 8.17. The summed E-state index contributed by atoms with van der Waals surface area (Å²) in [6.45, 7) is 3.54. The van der Waals surface area contributed by atoms with Crippen LogP contribution in [0.25, 0.3) is 0 Å². The van der Waals surface area contributed by atoms with E-state index in [1.807, 2.05) is 12.1 Å². The Morgan fingerprint density at radius 2 is 1.74 bits per heavy atom. The van der Waals surface area contributed by atoms with Crippen molar-refractivity contribution in [1.82, 2.24) is 15.5 Å². The predicted octanol–water partition coefficient (Wildman–Crippen LogP) is 0.942. The Morgan fingerprint density at radius 1 is 1.11 bits per heavy atom. The van der Waals surface area contributed by atoms with E-state index in [1.54, 1.807) is 7.11 Å². The maximum Gasteiger partial charge on any atom is 0.239 e. The number of hydrogen-bond donors (Lipinski definition) is 3. The van der Waals surface area contributed by atoms with Crippen molar-refractivity contribution in [3.8, 4) is 5.75 Å². The van der Waals surface area contributed by atoms with E-state index in [0.29, 0.717) is 12.5 Å². The number of ether oxygens (including phenoxy) is 1. The van der Waals surface area contributed by atoms with Crippen LogP contribution >= 0.6 is 24.8 Å². The summed E-state index contributed by atoms with van der Waals surface area (Å²) in [5, 5.41) is 5.35. The van der Waals surface area contributed by atoms with Gasteiger partial charge < -0.3 is 21.1 Å². The van der Waals surface area contributed by atoms with E-state index in [1.165, 1.54) is 5.56 Å². The number of rotatable bonds is 8. The Labute approximate surface area is 173 Å². The number of piperidine rings is 1. The van der Waals surface area contributed by atoms with Crippen LogP contribution in [-0.4, -0.2) is 56.5 Å². The molecule has 2 amide bonds. The Balaban J connectivity index is 0.00000338. The predicted molar refractivity (Wildman–Crippen MR) is 111 cm³/mol. The molecule has 1 saturated heterocycles. The lowest BCUT2D eigenvalue weighted by Crippen LogP contribution is -2.42. The van der Waals surface area contributed by atoms with Gasteiger partial charge in [0.2, 0.25) is 11.8 Å². The molecule has 0 atom stereocenters. The largest absolute Gasteiger partial charge is 0.497 e. The molecule has 0 bridgehead atoms. The number of benzene rings is 1. The highest BCUT2D eigenvalue weighted by atomic mass is 35.5. The number of nitrogens with two attached hydrogens (primary N) is 1. The van der Waals surface area contributed by atoms with Gasteiger partial charge in [0, 0.05) is 13.1 Å². The van der Waals surface area contributed by atoms with Crippen LogP contribution in [0, 0.1) is 5.92 Å². The molecule has 1 fully saturated rings. The van der Waals surface area contributed by atoms with E-state index < -0.39 is 0 Å². The van der Waals surface area contributed by atoms with Crippen LogP contribution in [0.5, 0.6) is 5.75 Å². The molecule has 0 saturated carbocycles. The van der Waals surface area contributed by atoms with Crippen LogP contribution in [0.15, 0.2) is 24.3 Å². The van der Waals surface area contributed by atoms with Gasteiger partial charge in [0.1, 0.15) is 5.75 Å². The average Bonchev–Trinajstić information content (AvgIpc) is 2.66. The lowest BCUT2D eigenvalue weighted by atomic mass is 9.96. The minimum atomic E-state index is -0.318. The van der Waals surface area contributed by atoms with Crippen molar-refractivity contribution in [2.45, 2.75) is 19.4 Å². The summed E-state index contributed by atoms with van der Waals surface area (Å²) in [5.41, 5.74) is 6.46. The molecule has 2 rings (SSSR count). The zero-order chi connectivity index (χ0) is 18.1. The molecule has 0 radical (unpaired) electrons. The van der Waals surface area contributed by atoms with Gasteiger partial charge >= 0.3 is 0 Å². The summed E-state index contributed by atoms with van der Waals surface area (Å²) >= 11 is 0. The van der Waals surface area contributed by atoms with Crippen molar-refractivity contribution < 1.29 is 14.3 Å². The first-order valence-electron chi connectivity index (χ1n) is 8.69.